The summed E-state index contributed by atoms with van der Waals surface area (Å²) in [4.78, 5) is 10.9. The zero-order valence-electron chi connectivity index (χ0n) is 12.3. The molecule has 1 aromatic rings. The molecule has 0 bridgehead atoms. The minimum Gasteiger partial charge on any atom is -0.491 e. The molecule has 0 aliphatic rings. The maximum Gasteiger partial charge on any atom is 0.320 e. The van der Waals surface area contributed by atoms with Gasteiger partial charge >= 0.3 is 5.97 Å². The number of carboxylic acids is 1. The first-order valence-electron chi connectivity index (χ1n) is 6.28. The second kappa shape index (κ2) is 5.95. The van der Waals surface area contributed by atoms with Crippen LogP contribution < -0.4 is 10.5 Å². The number of aliphatic hydroxyl groups is 1. The number of hydrogen-bond acceptors (Lipinski definition) is 4. The topological polar surface area (TPSA) is 92.8 Å². The zero-order valence-corrected chi connectivity index (χ0v) is 12.3. The predicted octanol–water partition coefficient (Wildman–Crippen LogP) is 1.46. The van der Waals surface area contributed by atoms with Gasteiger partial charge in [-0.1, -0.05) is 0 Å². The average Bonchev–Trinajstić information content (AvgIpc) is 2.34. The highest BCUT2D eigenvalue weighted by Gasteiger charge is 2.32. The Bertz CT molecular complexity index is 567. The van der Waals surface area contributed by atoms with E-state index in [-0.39, 0.29) is 16.7 Å². The van der Waals surface area contributed by atoms with Crippen molar-refractivity contribution in [2.24, 2.45) is 5.73 Å². The Kier molecular flexibility index (Phi) is 4.91. The van der Waals surface area contributed by atoms with Crippen molar-refractivity contribution in [3.63, 3.8) is 0 Å². The van der Waals surface area contributed by atoms with Gasteiger partial charge in [-0.15, -0.1) is 0 Å². The lowest BCUT2D eigenvalue weighted by Crippen LogP contribution is -2.34. The van der Waals surface area contributed by atoms with E-state index in [0.717, 1.165) is 7.11 Å². The molecule has 5 nitrogen and oxygen atoms in total. The molecule has 0 amide bonds. The number of methoxy groups -OCH3 is 1. The monoisotopic (exact) mass is 303 g/mol. The third kappa shape index (κ3) is 3.30. The van der Waals surface area contributed by atoms with Crippen LogP contribution in [0.4, 0.5) is 8.78 Å². The number of benzene rings is 1. The van der Waals surface area contributed by atoms with Crippen LogP contribution in [0, 0.1) is 18.6 Å². The number of nitrogens with two attached hydrogens (primary N) is 1. The number of halogens is 2. The molecule has 1 aromatic carbocycles. The molecule has 0 spiro atoms. The van der Waals surface area contributed by atoms with Gasteiger partial charge in [0.25, 0.3) is 0 Å². The summed E-state index contributed by atoms with van der Waals surface area (Å²) in [5, 5.41) is 19.0. The van der Waals surface area contributed by atoms with Gasteiger partial charge in [-0.2, -0.15) is 0 Å². The zero-order chi connectivity index (χ0) is 16.5. The first-order chi connectivity index (χ1) is 9.52. The van der Waals surface area contributed by atoms with Gasteiger partial charge in [-0.05, 0) is 31.9 Å². The fraction of sp³-hybridized carbons (Fsp3) is 0.500. The highest BCUT2D eigenvalue weighted by molar-refractivity contribution is 5.73. The van der Waals surface area contributed by atoms with Crippen LogP contribution in [0.3, 0.4) is 0 Å². The van der Waals surface area contributed by atoms with Crippen molar-refractivity contribution in [1.29, 1.82) is 0 Å². The van der Waals surface area contributed by atoms with Crippen LogP contribution in [-0.4, -0.2) is 29.3 Å². The minimum absolute atomic E-state index is 0.00617. The summed E-state index contributed by atoms with van der Waals surface area (Å²) in [5.41, 5.74) is 3.68. The van der Waals surface area contributed by atoms with Crippen LogP contribution in [-0.2, 0) is 16.8 Å². The van der Waals surface area contributed by atoms with Crippen molar-refractivity contribution < 1.29 is 28.5 Å². The van der Waals surface area contributed by atoms with E-state index in [2.05, 4.69) is 4.74 Å². The van der Waals surface area contributed by atoms with Crippen LogP contribution in [0.1, 0.15) is 30.5 Å². The highest BCUT2D eigenvalue weighted by atomic mass is 19.1. The normalized spacial score (nSPS) is 13.1. The summed E-state index contributed by atoms with van der Waals surface area (Å²) in [7, 11) is 1.10. The summed E-state index contributed by atoms with van der Waals surface area (Å²) in [6.45, 7) is 4.08. The van der Waals surface area contributed by atoms with Crippen molar-refractivity contribution in [2.75, 3.05) is 7.11 Å². The number of aliphatic carboxylic acids is 1. The first kappa shape index (κ1) is 17.3. The van der Waals surface area contributed by atoms with Gasteiger partial charge in [0.05, 0.1) is 12.7 Å². The number of carboxylic acid groups (broad SMARTS) is 1. The maximum atomic E-state index is 14.4. The van der Waals surface area contributed by atoms with Crippen molar-refractivity contribution in [3.05, 3.63) is 28.3 Å². The molecule has 0 radical (unpaired) electrons. The quantitative estimate of drug-likeness (QED) is 0.766. The molecule has 21 heavy (non-hydrogen) atoms. The fourth-order valence-electron chi connectivity index (χ4n) is 2.36. The summed E-state index contributed by atoms with van der Waals surface area (Å²) in [5.74, 6) is -3.92. The Balaban J connectivity index is 3.65. The van der Waals surface area contributed by atoms with Crippen LogP contribution in [0.25, 0.3) is 0 Å². The smallest absolute Gasteiger partial charge is 0.320 e. The van der Waals surface area contributed by atoms with E-state index in [1.807, 2.05) is 0 Å². The molecular weight excluding hydrogens is 284 g/mol. The van der Waals surface area contributed by atoms with Crippen molar-refractivity contribution >= 4 is 5.97 Å². The standard InChI is InChI=1S/C14H19F2NO4/c1-6-9(14(2,3)20)7(5-8(17)13(18)19)11(16)12(21-4)10(6)15/h8,20H,5,17H2,1-4H3,(H,18,19). The van der Waals surface area contributed by atoms with Crippen LogP contribution in [0.5, 0.6) is 5.75 Å². The van der Waals surface area contributed by atoms with Gasteiger partial charge in [0.15, 0.2) is 17.4 Å². The van der Waals surface area contributed by atoms with E-state index in [1.165, 1.54) is 20.8 Å². The third-order valence-corrected chi connectivity index (χ3v) is 3.23. The van der Waals surface area contributed by atoms with Gasteiger partial charge in [0, 0.05) is 12.0 Å². The lowest BCUT2D eigenvalue weighted by molar-refractivity contribution is -0.138. The van der Waals surface area contributed by atoms with Gasteiger partial charge < -0.3 is 20.7 Å². The van der Waals surface area contributed by atoms with Crippen LogP contribution in [0.15, 0.2) is 0 Å². The molecule has 1 rings (SSSR count). The first-order valence-corrected chi connectivity index (χ1v) is 6.28. The van der Waals surface area contributed by atoms with E-state index in [1.54, 1.807) is 0 Å². The summed E-state index contributed by atoms with van der Waals surface area (Å²) >= 11 is 0. The third-order valence-electron chi connectivity index (χ3n) is 3.23. The molecule has 1 unspecified atom stereocenters. The number of carbonyl (C=O) groups is 1. The Morgan fingerprint density at radius 1 is 1.38 bits per heavy atom. The number of rotatable bonds is 5. The van der Waals surface area contributed by atoms with E-state index in [4.69, 9.17) is 10.8 Å². The van der Waals surface area contributed by atoms with Crippen LogP contribution >= 0.6 is 0 Å². The van der Waals surface area contributed by atoms with Gasteiger partial charge in [0.1, 0.15) is 6.04 Å². The van der Waals surface area contributed by atoms with Crippen LogP contribution in [0.2, 0.25) is 0 Å². The molecule has 118 valence electrons. The summed E-state index contributed by atoms with van der Waals surface area (Å²) < 4.78 is 33.2. The molecule has 0 heterocycles. The SMILES string of the molecule is COc1c(F)c(C)c(C(C)(C)O)c(CC(N)C(=O)O)c1F. The lowest BCUT2D eigenvalue weighted by atomic mass is 9.85. The predicted molar refractivity (Wildman–Crippen MR) is 72.2 cm³/mol. The van der Waals surface area contributed by atoms with E-state index in [0.29, 0.717) is 0 Å². The maximum absolute atomic E-state index is 14.4. The van der Waals surface area contributed by atoms with E-state index < -0.39 is 41.4 Å². The Labute approximate surface area is 121 Å². The molecule has 7 heteroatoms. The second-order valence-corrected chi connectivity index (χ2v) is 5.35. The Morgan fingerprint density at radius 2 is 1.90 bits per heavy atom. The summed E-state index contributed by atoms with van der Waals surface area (Å²) in [6, 6.07) is -1.38. The van der Waals surface area contributed by atoms with Crippen molar-refractivity contribution in [3.8, 4) is 5.75 Å². The number of ether oxygens (including phenoxy) is 1. The Hall–Kier alpha value is -1.73. The van der Waals surface area contributed by atoms with Gasteiger partial charge in [0.2, 0.25) is 0 Å². The molecule has 4 N–H and O–H groups in total. The van der Waals surface area contributed by atoms with Gasteiger partial charge in [-0.3, -0.25) is 4.79 Å². The second-order valence-electron chi connectivity index (χ2n) is 5.35. The molecule has 1 atom stereocenters. The van der Waals surface area contributed by atoms with Gasteiger partial charge in [-0.25, -0.2) is 8.78 Å². The van der Waals surface area contributed by atoms with Crippen molar-refractivity contribution in [1.82, 2.24) is 0 Å². The van der Waals surface area contributed by atoms with E-state index in [9.17, 15) is 18.7 Å². The highest BCUT2D eigenvalue weighted by Crippen LogP contribution is 2.37. The molecule has 0 fully saturated rings. The van der Waals surface area contributed by atoms with Crippen molar-refractivity contribution in [2.45, 2.75) is 38.8 Å². The summed E-state index contributed by atoms with van der Waals surface area (Å²) in [6.07, 6.45) is -0.391. The fourth-order valence-corrected chi connectivity index (χ4v) is 2.36. The average molecular weight is 303 g/mol. The largest absolute Gasteiger partial charge is 0.491 e. The molecule has 0 aliphatic heterocycles. The molecule has 0 aliphatic carbocycles. The molecular formula is C14H19F2NO4. The molecule has 0 saturated carbocycles. The lowest BCUT2D eigenvalue weighted by Gasteiger charge is -2.26. The molecule has 0 saturated heterocycles. The Morgan fingerprint density at radius 3 is 2.29 bits per heavy atom. The number of hydrogen-bond donors (Lipinski definition) is 3. The molecule has 0 aromatic heterocycles. The minimum atomic E-state index is -1.56. The van der Waals surface area contributed by atoms with E-state index >= 15 is 0 Å².